The molecule has 1 saturated carbocycles. The number of carbonyl (C=O) groups is 5. The van der Waals surface area contributed by atoms with Crippen LogP contribution in [-0.4, -0.2) is 116 Å². The Hall–Kier alpha value is -2.60. The van der Waals surface area contributed by atoms with Gasteiger partial charge in [0.05, 0.1) is 18.3 Å². The van der Waals surface area contributed by atoms with E-state index in [1.165, 1.54) is 12.0 Å². The van der Waals surface area contributed by atoms with Gasteiger partial charge in [0.2, 0.25) is 9.39 Å². The van der Waals surface area contributed by atoms with Crippen molar-refractivity contribution in [3.8, 4) is 0 Å². The molecule has 3 aliphatic heterocycles. The number of esters is 1. The molecule has 13 nitrogen and oxygen atoms in total. The van der Waals surface area contributed by atoms with Crippen LogP contribution in [-0.2, 0) is 42.9 Å². The number of fused-ring (bicyclic) bond motifs is 3. The van der Waals surface area contributed by atoms with E-state index < -0.39 is 75.3 Å². The van der Waals surface area contributed by atoms with E-state index in [2.05, 4.69) is 0 Å². The van der Waals surface area contributed by atoms with Crippen molar-refractivity contribution in [3.05, 3.63) is 47.6 Å². The Morgan fingerprint density at radius 2 is 1.64 bits per heavy atom. The topological polar surface area (TPSA) is 186 Å². The number of nitrogens with zero attached hydrogens (tertiary/aromatic N) is 1. The van der Waals surface area contributed by atoms with Gasteiger partial charge in [-0.25, -0.2) is 4.79 Å². The van der Waals surface area contributed by atoms with Crippen LogP contribution in [0.25, 0.3) is 0 Å². The lowest BCUT2D eigenvalue weighted by molar-refractivity contribution is -0.263. The molecule has 4 aliphatic rings. The van der Waals surface area contributed by atoms with Crippen LogP contribution in [0.4, 0.5) is 0 Å². The average molecular weight is 1010 g/mol. The van der Waals surface area contributed by atoms with Gasteiger partial charge in [0.25, 0.3) is 11.7 Å². The maximum Gasteiger partial charge on any atom is 0.329 e. The first kappa shape index (κ1) is 54.0. The summed E-state index contributed by atoms with van der Waals surface area (Å²) in [6.45, 7) is 12.9. The van der Waals surface area contributed by atoms with Crippen LogP contribution in [0.15, 0.2) is 47.6 Å². The summed E-state index contributed by atoms with van der Waals surface area (Å²) in [5, 5.41) is 34.0. The highest BCUT2D eigenvalue weighted by atomic mass is 127. The van der Waals surface area contributed by atoms with Gasteiger partial charge < -0.3 is 39.2 Å². The highest BCUT2D eigenvalue weighted by Gasteiger charge is 2.53. The molecule has 0 spiro atoms. The second-order valence-corrected chi connectivity index (χ2v) is 21.0. The fourth-order valence-corrected chi connectivity index (χ4v) is 10.9. The van der Waals surface area contributed by atoms with Crippen molar-refractivity contribution >= 4 is 51.8 Å². The van der Waals surface area contributed by atoms with Crippen molar-refractivity contribution < 1.29 is 58.2 Å². The molecule has 360 valence electrons. The van der Waals surface area contributed by atoms with Gasteiger partial charge in [-0.2, -0.15) is 0 Å². The van der Waals surface area contributed by atoms with Crippen LogP contribution < -0.4 is 0 Å². The van der Waals surface area contributed by atoms with Crippen molar-refractivity contribution in [1.82, 2.24) is 4.90 Å². The zero-order valence-corrected chi connectivity index (χ0v) is 41.8. The summed E-state index contributed by atoms with van der Waals surface area (Å²) in [6, 6.07) is -1.12. The van der Waals surface area contributed by atoms with Gasteiger partial charge >= 0.3 is 5.97 Å². The number of aliphatic hydroxyl groups excluding tert-OH is 2. The molecule has 1 aliphatic carbocycles. The van der Waals surface area contributed by atoms with E-state index in [0.29, 0.717) is 69.8 Å². The lowest BCUT2D eigenvalue weighted by Crippen LogP contribution is -2.60. The molecule has 4 rings (SSSR count). The number of ether oxygens (including phenoxy) is 4. The molecule has 1 amide bonds. The van der Waals surface area contributed by atoms with Gasteiger partial charge in [0.15, 0.2) is 5.78 Å². The van der Waals surface area contributed by atoms with Crippen molar-refractivity contribution in [3.63, 3.8) is 0 Å². The number of piperidine rings is 1. The number of hydrogen-bond acceptors (Lipinski definition) is 12. The quantitative estimate of drug-likeness (QED) is 0.0821. The Morgan fingerprint density at radius 1 is 0.922 bits per heavy atom. The van der Waals surface area contributed by atoms with Gasteiger partial charge in [-0.05, 0) is 137 Å². The normalized spacial score (nSPS) is 40.4. The standard InChI is InChI=1S/C50H76INO12/c1-30-15-11-10-12-16-31(2)25-34(5)44(55)49(51,62-9)45(56)35(6)26-32(3)41(54)29-42(33(4)27-37-20-23-40(53)43(28-37)61-8)63-48(59)39-17-13-14-24-52(39)47(58)46(57)50(60)36(7)19-22-38(64-50)21-18-30/h10-12,15-16,26,31-34,36-40,42-43,45,53,56,60H,13-14,17-25,27-29H2,1-9H3/b11-10+,16-12?,30-15+,35-26+/t31-,32-,33-,34-,36-,37+,38-,39?,40-,42+,43-,45-,49-,50-/m1/s1. The first-order valence-corrected chi connectivity index (χ1v) is 24.6. The molecule has 14 heteroatoms. The second kappa shape index (κ2) is 24.4. The first-order chi connectivity index (χ1) is 30.2. The summed E-state index contributed by atoms with van der Waals surface area (Å²) in [5.74, 6) is -7.79. The number of Topliss-reactive ketones (excluding diaryl/α,β-unsaturated/α-hetero) is 3. The molecule has 0 radical (unpaired) electrons. The van der Waals surface area contributed by atoms with E-state index in [1.807, 2.05) is 80.7 Å². The largest absolute Gasteiger partial charge is 0.460 e. The number of halogens is 1. The van der Waals surface area contributed by atoms with Crippen LogP contribution in [0, 0.1) is 35.5 Å². The Morgan fingerprint density at radius 3 is 2.33 bits per heavy atom. The van der Waals surface area contributed by atoms with Crippen molar-refractivity contribution in [2.24, 2.45) is 35.5 Å². The summed E-state index contributed by atoms with van der Waals surface area (Å²) in [5.41, 5.74) is 1.44. The molecule has 0 aromatic rings. The number of methoxy groups -OCH3 is 2. The van der Waals surface area contributed by atoms with Crippen molar-refractivity contribution in [1.29, 1.82) is 0 Å². The summed E-state index contributed by atoms with van der Waals surface area (Å²) in [7, 11) is 2.95. The van der Waals surface area contributed by atoms with Crippen LogP contribution in [0.2, 0.25) is 0 Å². The second-order valence-electron chi connectivity index (χ2n) is 19.4. The molecule has 3 fully saturated rings. The van der Waals surface area contributed by atoms with Crippen LogP contribution in [0.1, 0.15) is 132 Å². The minimum absolute atomic E-state index is 0.0316. The third-order valence-electron chi connectivity index (χ3n) is 14.2. The highest BCUT2D eigenvalue weighted by Crippen LogP contribution is 2.38. The van der Waals surface area contributed by atoms with Gasteiger partial charge in [0, 0.05) is 44.9 Å². The van der Waals surface area contributed by atoms with E-state index >= 15 is 0 Å². The molecule has 14 atom stereocenters. The number of rotatable bonds is 5. The number of amides is 1. The predicted molar refractivity (Wildman–Crippen MR) is 252 cm³/mol. The lowest BCUT2D eigenvalue weighted by atomic mass is 9.78. The molecule has 2 saturated heterocycles. The number of alkyl halides is 1. The monoisotopic (exact) mass is 1010 g/mol. The fourth-order valence-electron chi connectivity index (χ4n) is 9.86. The number of carbonyl (C=O) groups excluding carboxylic acids is 5. The molecule has 2 bridgehead atoms. The third kappa shape index (κ3) is 13.7. The number of ketones is 3. The maximum atomic E-state index is 14.3. The van der Waals surface area contributed by atoms with Gasteiger partial charge in [-0.3, -0.25) is 19.2 Å². The highest BCUT2D eigenvalue weighted by molar-refractivity contribution is 14.1. The Labute approximate surface area is 395 Å². The third-order valence-corrected chi connectivity index (χ3v) is 15.7. The molecule has 64 heavy (non-hydrogen) atoms. The minimum Gasteiger partial charge on any atom is -0.460 e. The molecule has 3 heterocycles. The van der Waals surface area contributed by atoms with Crippen LogP contribution in [0.3, 0.4) is 0 Å². The van der Waals surface area contributed by atoms with E-state index in [1.54, 1.807) is 34.0 Å². The number of aliphatic hydroxyl groups is 3. The summed E-state index contributed by atoms with van der Waals surface area (Å²) >= 11 is 1.87. The fraction of sp³-hybridized carbons (Fsp3) is 0.740. The number of hydrogen-bond donors (Lipinski definition) is 3. The Balaban J connectivity index is 1.69. The van der Waals surface area contributed by atoms with Gasteiger partial charge in [-0.1, -0.05) is 76.6 Å². The molecular weight excluding hydrogens is 933 g/mol. The molecule has 3 N–H and O–H groups in total. The van der Waals surface area contributed by atoms with E-state index in [-0.39, 0.29) is 54.8 Å². The zero-order valence-electron chi connectivity index (χ0n) is 39.6. The summed E-state index contributed by atoms with van der Waals surface area (Å²) in [4.78, 5) is 71.9. The molecule has 1 unspecified atom stereocenters. The first-order valence-electron chi connectivity index (χ1n) is 23.5. The van der Waals surface area contributed by atoms with Gasteiger partial charge in [-0.15, -0.1) is 0 Å². The van der Waals surface area contributed by atoms with Crippen molar-refractivity contribution in [2.45, 2.75) is 178 Å². The molecule has 0 aromatic carbocycles. The Bertz CT molecular complexity index is 1760. The lowest BCUT2D eigenvalue weighted by Gasteiger charge is -2.42. The number of allylic oxidation sites excluding steroid dienone is 7. The smallest absolute Gasteiger partial charge is 0.329 e. The van der Waals surface area contributed by atoms with E-state index in [0.717, 1.165) is 12.0 Å². The summed E-state index contributed by atoms with van der Waals surface area (Å²) < 4.78 is 22.1. The van der Waals surface area contributed by atoms with Gasteiger partial charge in [0.1, 0.15) is 24.0 Å². The minimum atomic E-state index is -2.36. The van der Waals surface area contributed by atoms with E-state index in [4.69, 9.17) is 18.9 Å². The zero-order chi connectivity index (χ0) is 47.5. The number of cyclic esters (lactones) is 1. The molecule has 0 aromatic heterocycles. The van der Waals surface area contributed by atoms with Crippen LogP contribution in [0.5, 0.6) is 0 Å². The Kier molecular flexibility index (Phi) is 20.6. The van der Waals surface area contributed by atoms with Crippen molar-refractivity contribution in [2.75, 3.05) is 20.8 Å². The molecular formula is C50H76INO12. The van der Waals surface area contributed by atoms with E-state index in [9.17, 15) is 39.3 Å². The SMILES string of the molecule is CO[C@@H]1C[C@H](C[C@@H](C)[C@@H]2CC(=O)[C@H](C)/C=C(\C)[C@@H](O)[C@](I)(OC)C(=O)[C@H](C)C[C@H](C)C=C/C=C/C=C(\C)CC[C@@H]3CC[C@@H](C)[C@@](O)(O3)C(=O)C(=O)N3CCCCC3C(=O)O2)CC[C@H]1O. The maximum absolute atomic E-state index is 14.3. The van der Waals surface area contributed by atoms with Crippen LogP contribution >= 0.6 is 22.6 Å². The average Bonchev–Trinajstić information content (AvgIpc) is 3.27. The summed E-state index contributed by atoms with van der Waals surface area (Å²) in [6.07, 6.45) is 14.1. The predicted octanol–water partition coefficient (Wildman–Crippen LogP) is 7.32.